The number of anilines is 1. The number of hydrogen-bond acceptors (Lipinski definition) is 6. The lowest BCUT2D eigenvalue weighted by molar-refractivity contribution is 0.102. The highest BCUT2D eigenvalue weighted by atomic mass is 35.5. The third-order valence-corrected chi connectivity index (χ3v) is 5.78. The molecule has 198 valence electrons. The molecule has 0 bridgehead atoms. The van der Waals surface area contributed by atoms with Crippen molar-refractivity contribution in [3.05, 3.63) is 94.2 Å². The maximum Gasteiger partial charge on any atom is 0.276 e. The lowest BCUT2D eigenvalue weighted by atomic mass is 10.2. The van der Waals surface area contributed by atoms with Gasteiger partial charge in [0.1, 0.15) is 18.1 Å². The predicted molar refractivity (Wildman–Crippen MR) is 147 cm³/mol. The molecule has 1 heterocycles. The Balaban J connectivity index is 1.29. The van der Waals surface area contributed by atoms with Gasteiger partial charge in [0, 0.05) is 16.9 Å². The van der Waals surface area contributed by atoms with Crippen LogP contribution < -0.4 is 24.3 Å². The van der Waals surface area contributed by atoms with E-state index in [0.29, 0.717) is 58.6 Å². The topological polar surface area (TPSA) is 83.8 Å². The summed E-state index contributed by atoms with van der Waals surface area (Å²) < 4.78 is 24.3. The van der Waals surface area contributed by atoms with Gasteiger partial charge in [0.05, 0.1) is 18.2 Å². The molecule has 0 aliphatic carbocycles. The van der Waals surface area contributed by atoms with E-state index < -0.39 is 0 Å². The summed E-state index contributed by atoms with van der Waals surface area (Å²) in [5.41, 5.74) is 1.81. The van der Waals surface area contributed by atoms with E-state index in [1.807, 2.05) is 32.0 Å². The molecule has 0 atom stereocenters. The molecule has 0 saturated heterocycles. The zero-order valence-corrected chi connectivity index (χ0v) is 22.5. The molecule has 1 amide bonds. The smallest absolute Gasteiger partial charge is 0.276 e. The van der Waals surface area contributed by atoms with Crippen molar-refractivity contribution in [2.75, 3.05) is 18.5 Å². The fourth-order valence-corrected chi connectivity index (χ4v) is 3.93. The van der Waals surface area contributed by atoms with Crippen molar-refractivity contribution in [2.24, 2.45) is 0 Å². The number of ether oxygens (including phenoxy) is 4. The van der Waals surface area contributed by atoms with Crippen molar-refractivity contribution in [2.45, 2.75) is 27.2 Å². The van der Waals surface area contributed by atoms with Gasteiger partial charge in [-0.3, -0.25) is 4.79 Å². The van der Waals surface area contributed by atoms with Gasteiger partial charge in [-0.1, -0.05) is 29.3 Å². The monoisotopic (exact) mass is 555 g/mol. The van der Waals surface area contributed by atoms with E-state index in [-0.39, 0.29) is 18.3 Å². The minimum Gasteiger partial charge on any atom is -0.490 e. The third kappa shape index (κ3) is 7.34. The van der Waals surface area contributed by atoms with E-state index in [0.717, 1.165) is 5.56 Å². The van der Waals surface area contributed by atoms with Gasteiger partial charge in [-0.05, 0) is 80.1 Å². The molecule has 4 rings (SSSR count). The molecule has 0 aliphatic heterocycles. The summed E-state index contributed by atoms with van der Waals surface area (Å²) in [7, 11) is 0. The van der Waals surface area contributed by atoms with Crippen LogP contribution in [0, 0.1) is 0 Å². The van der Waals surface area contributed by atoms with Crippen LogP contribution in [-0.4, -0.2) is 28.9 Å². The molecule has 0 spiro atoms. The minimum atomic E-state index is -0.347. The van der Waals surface area contributed by atoms with Gasteiger partial charge in [0.15, 0.2) is 23.9 Å². The molecule has 4 aromatic rings. The van der Waals surface area contributed by atoms with Crippen LogP contribution in [-0.2, 0) is 13.3 Å². The number of carbonyl (C=O) groups excluding carboxylic acids is 1. The van der Waals surface area contributed by atoms with E-state index >= 15 is 0 Å². The van der Waals surface area contributed by atoms with Gasteiger partial charge in [-0.15, -0.1) is 0 Å². The highest BCUT2D eigenvalue weighted by Gasteiger charge is 2.11. The summed E-state index contributed by atoms with van der Waals surface area (Å²) in [6, 6.07) is 19.4. The lowest BCUT2D eigenvalue weighted by Crippen LogP contribution is -2.14. The highest BCUT2D eigenvalue weighted by molar-refractivity contribution is 6.35. The molecule has 38 heavy (non-hydrogen) atoms. The first kappa shape index (κ1) is 27.2. The van der Waals surface area contributed by atoms with Gasteiger partial charge in [0.25, 0.3) is 5.91 Å². The molecule has 1 N–H and O–H groups in total. The lowest BCUT2D eigenvalue weighted by Gasteiger charge is -2.13. The number of nitrogens with zero attached hydrogens (tertiary/aromatic N) is 2. The van der Waals surface area contributed by atoms with Crippen LogP contribution in [0.3, 0.4) is 0 Å². The first-order chi connectivity index (χ1) is 18.4. The molecule has 0 aliphatic rings. The highest BCUT2D eigenvalue weighted by Crippen LogP contribution is 2.29. The second kappa shape index (κ2) is 13.1. The average molecular weight is 556 g/mol. The third-order valence-electron chi connectivity index (χ3n) is 5.25. The Morgan fingerprint density at radius 2 is 1.58 bits per heavy atom. The molecule has 3 aromatic carbocycles. The van der Waals surface area contributed by atoms with Crippen molar-refractivity contribution >= 4 is 34.8 Å². The standard InChI is InChI=1S/C28H27Cl2N3O5/c1-3-35-26-11-5-19(15-27(26)36-4-2)17-37-22-9-7-21(8-10-22)31-28(34)24-13-14-33(32-24)18-38-25-12-6-20(29)16-23(25)30/h5-16H,3-4,17-18H2,1-2H3,(H,31,34). The number of halogens is 2. The van der Waals surface area contributed by atoms with E-state index in [9.17, 15) is 4.79 Å². The normalized spacial score (nSPS) is 10.6. The Morgan fingerprint density at radius 1 is 0.842 bits per heavy atom. The molecule has 0 radical (unpaired) electrons. The Labute approximate surface area is 231 Å². The van der Waals surface area contributed by atoms with E-state index in [1.54, 1.807) is 54.7 Å². The summed E-state index contributed by atoms with van der Waals surface area (Å²) in [5, 5.41) is 7.99. The number of carbonyl (C=O) groups is 1. The van der Waals surface area contributed by atoms with E-state index in [2.05, 4.69) is 10.4 Å². The van der Waals surface area contributed by atoms with Crippen LogP contribution in [0.15, 0.2) is 72.9 Å². The molecule has 8 nitrogen and oxygen atoms in total. The van der Waals surface area contributed by atoms with Crippen LogP contribution in [0.1, 0.15) is 29.9 Å². The summed E-state index contributed by atoms with van der Waals surface area (Å²) in [5.74, 6) is 2.19. The minimum absolute atomic E-state index is 0.0844. The fourth-order valence-electron chi connectivity index (χ4n) is 3.46. The molecule has 0 fully saturated rings. The number of rotatable bonds is 12. The fraction of sp³-hybridized carbons (Fsp3) is 0.214. The molecule has 10 heteroatoms. The van der Waals surface area contributed by atoms with Crippen LogP contribution in [0.4, 0.5) is 5.69 Å². The largest absolute Gasteiger partial charge is 0.490 e. The molecular weight excluding hydrogens is 529 g/mol. The van der Waals surface area contributed by atoms with Gasteiger partial charge in [-0.2, -0.15) is 5.10 Å². The van der Waals surface area contributed by atoms with Crippen molar-refractivity contribution in [3.63, 3.8) is 0 Å². The van der Waals surface area contributed by atoms with Crippen LogP contribution >= 0.6 is 23.2 Å². The van der Waals surface area contributed by atoms with Crippen LogP contribution in [0.5, 0.6) is 23.0 Å². The SMILES string of the molecule is CCOc1ccc(COc2ccc(NC(=O)c3ccn(COc4ccc(Cl)cc4Cl)n3)cc2)cc1OCC. The second-order valence-electron chi connectivity index (χ2n) is 8.00. The zero-order valence-electron chi connectivity index (χ0n) is 20.9. The molecule has 1 aromatic heterocycles. The Bertz CT molecular complexity index is 1380. The molecule has 0 unspecified atom stereocenters. The first-order valence-electron chi connectivity index (χ1n) is 12.0. The number of hydrogen-bond donors (Lipinski definition) is 1. The van der Waals surface area contributed by atoms with Crippen molar-refractivity contribution in [3.8, 4) is 23.0 Å². The van der Waals surface area contributed by atoms with Crippen LogP contribution in [0.25, 0.3) is 0 Å². The summed E-state index contributed by atoms with van der Waals surface area (Å²) >= 11 is 12.0. The van der Waals surface area contributed by atoms with E-state index in [4.69, 9.17) is 42.1 Å². The van der Waals surface area contributed by atoms with Crippen molar-refractivity contribution in [1.29, 1.82) is 0 Å². The summed E-state index contributed by atoms with van der Waals surface area (Å²) in [4.78, 5) is 12.6. The van der Waals surface area contributed by atoms with Gasteiger partial charge in [0.2, 0.25) is 0 Å². The Kier molecular flexibility index (Phi) is 9.35. The maximum absolute atomic E-state index is 12.6. The van der Waals surface area contributed by atoms with Gasteiger partial charge < -0.3 is 24.3 Å². The van der Waals surface area contributed by atoms with Crippen LogP contribution in [0.2, 0.25) is 10.0 Å². The summed E-state index contributed by atoms with van der Waals surface area (Å²) in [6.45, 7) is 5.42. The Hall–Kier alpha value is -3.88. The number of benzene rings is 3. The number of amides is 1. The summed E-state index contributed by atoms with van der Waals surface area (Å²) in [6.07, 6.45) is 1.65. The second-order valence-corrected chi connectivity index (χ2v) is 8.85. The van der Waals surface area contributed by atoms with Crippen molar-refractivity contribution in [1.82, 2.24) is 9.78 Å². The predicted octanol–water partition coefficient (Wildman–Crippen LogP) is 6.86. The maximum atomic E-state index is 12.6. The average Bonchev–Trinajstić information content (AvgIpc) is 3.39. The Morgan fingerprint density at radius 3 is 2.32 bits per heavy atom. The zero-order chi connectivity index (χ0) is 26.9. The van der Waals surface area contributed by atoms with Gasteiger partial charge >= 0.3 is 0 Å². The van der Waals surface area contributed by atoms with E-state index in [1.165, 1.54) is 4.68 Å². The van der Waals surface area contributed by atoms with Gasteiger partial charge in [-0.25, -0.2) is 4.68 Å². The molecule has 0 saturated carbocycles. The number of nitrogens with one attached hydrogen (secondary N) is 1. The van der Waals surface area contributed by atoms with Crippen molar-refractivity contribution < 1.29 is 23.7 Å². The number of aromatic nitrogens is 2. The first-order valence-corrected chi connectivity index (χ1v) is 12.7. The quantitative estimate of drug-likeness (QED) is 0.205. The molecular formula is C28H27Cl2N3O5.